The summed E-state index contributed by atoms with van der Waals surface area (Å²) in [5.41, 5.74) is 8.41. The van der Waals surface area contributed by atoms with Gasteiger partial charge in [-0.05, 0) is 43.2 Å². The Hall–Kier alpha value is -1.35. The molecule has 1 amide bonds. The smallest absolute Gasteiger partial charge is 0.226 e. The van der Waals surface area contributed by atoms with Gasteiger partial charge in [-0.2, -0.15) is 0 Å². The number of hydrogen-bond donors (Lipinski definition) is 1. The van der Waals surface area contributed by atoms with E-state index >= 15 is 0 Å². The number of nitrogens with two attached hydrogens (primary N) is 1. The van der Waals surface area contributed by atoms with Crippen molar-refractivity contribution in [2.24, 2.45) is 11.7 Å². The summed E-state index contributed by atoms with van der Waals surface area (Å²) in [6, 6.07) is 8.71. The molecule has 1 aromatic rings. The lowest BCUT2D eigenvalue weighted by Gasteiger charge is -2.23. The highest BCUT2D eigenvalue weighted by Crippen LogP contribution is 2.49. The van der Waals surface area contributed by atoms with Gasteiger partial charge >= 0.3 is 0 Å². The maximum absolute atomic E-state index is 12.5. The zero-order valence-electron chi connectivity index (χ0n) is 11.5. The maximum Gasteiger partial charge on any atom is 0.226 e. The second-order valence-corrected chi connectivity index (χ2v) is 5.87. The molecule has 1 aromatic carbocycles. The largest absolute Gasteiger partial charge is 0.338 e. The van der Waals surface area contributed by atoms with E-state index < -0.39 is 0 Å². The van der Waals surface area contributed by atoms with Crippen molar-refractivity contribution in [3.63, 3.8) is 0 Å². The van der Waals surface area contributed by atoms with Crippen molar-refractivity contribution in [3.8, 4) is 0 Å². The van der Waals surface area contributed by atoms with Gasteiger partial charge in [0.25, 0.3) is 0 Å². The Kier molecular flexibility index (Phi) is 3.31. The molecule has 3 heteroatoms. The molecule has 3 nitrogen and oxygen atoms in total. The van der Waals surface area contributed by atoms with Gasteiger partial charge in [0.1, 0.15) is 0 Å². The molecule has 2 aliphatic rings. The standard InChI is InChI=1S/C16H22N2O/c1-11-5-2-3-7-13(11)14-9-15(14)16(19)18-8-4-6-12(18)10-17/h2-3,5,7,12,14-15H,4,6,8-10,17H2,1H3/t12-,14-,15-/m0/s1. The number of aryl methyl sites for hydroxylation is 1. The summed E-state index contributed by atoms with van der Waals surface area (Å²) in [6.45, 7) is 3.64. The summed E-state index contributed by atoms with van der Waals surface area (Å²) in [7, 11) is 0. The minimum absolute atomic E-state index is 0.202. The summed E-state index contributed by atoms with van der Waals surface area (Å²) in [4.78, 5) is 14.6. The van der Waals surface area contributed by atoms with E-state index in [9.17, 15) is 4.79 Å². The van der Waals surface area contributed by atoms with Crippen LogP contribution in [0.3, 0.4) is 0 Å². The Labute approximate surface area is 114 Å². The van der Waals surface area contributed by atoms with Crippen LogP contribution in [0, 0.1) is 12.8 Å². The van der Waals surface area contributed by atoms with Crippen LogP contribution in [0.2, 0.25) is 0 Å². The average Bonchev–Trinajstić information content (AvgIpc) is 3.07. The molecule has 102 valence electrons. The van der Waals surface area contributed by atoms with E-state index in [1.54, 1.807) is 0 Å². The monoisotopic (exact) mass is 258 g/mol. The van der Waals surface area contributed by atoms with Crippen molar-refractivity contribution in [1.29, 1.82) is 0 Å². The van der Waals surface area contributed by atoms with E-state index in [0.29, 0.717) is 18.4 Å². The van der Waals surface area contributed by atoms with Crippen molar-refractivity contribution in [1.82, 2.24) is 4.90 Å². The lowest BCUT2D eigenvalue weighted by Crippen LogP contribution is -2.40. The van der Waals surface area contributed by atoms with Crippen molar-refractivity contribution >= 4 is 5.91 Å². The van der Waals surface area contributed by atoms with Crippen LogP contribution in [-0.4, -0.2) is 29.9 Å². The zero-order chi connectivity index (χ0) is 13.4. The van der Waals surface area contributed by atoms with E-state index in [2.05, 4.69) is 31.2 Å². The molecule has 1 aliphatic heterocycles. The van der Waals surface area contributed by atoms with Gasteiger partial charge in [0.05, 0.1) is 0 Å². The van der Waals surface area contributed by atoms with Crippen molar-refractivity contribution < 1.29 is 4.79 Å². The van der Waals surface area contributed by atoms with E-state index in [-0.39, 0.29) is 12.0 Å². The molecule has 0 unspecified atom stereocenters. The third-order valence-electron chi connectivity index (χ3n) is 4.63. The molecule has 0 aromatic heterocycles. The first-order valence-electron chi connectivity index (χ1n) is 7.28. The summed E-state index contributed by atoms with van der Waals surface area (Å²) in [5.74, 6) is 0.974. The predicted octanol–water partition coefficient (Wildman–Crippen LogP) is 2.05. The molecular formula is C16H22N2O. The van der Waals surface area contributed by atoms with Gasteiger partial charge in [-0.15, -0.1) is 0 Å². The number of nitrogens with zero attached hydrogens (tertiary/aromatic N) is 1. The highest BCUT2D eigenvalue weighted by Gasteiger charge is 2.47. The van der Waals surface area contributed by atoms with Crippen LogP contribution < -0.4 is 5.73 Å². The van der Waals surface area contributed by atoms with E-state index in [0.717, 1.165) is 25.8 Å². The molecule has 1 heterocycles. The van der Waals surface area contributed by atoms with E-state index in [4.69, 9.17) is 5.73 Å². The minimum Gasteiger partial charge on any atom is -0.338 e. The molecule has 1 saturated heterocycles. The molecule has 1 saturated carbocycles. The first kappa shape index (κ1) is 12.7. The molecule has 3 rings (SSSR count). The van der Waals surface area contributed by atoms with E-state index in [1.807, 2.05) is 4.90 Å². The fraction of sp³-hybridized carbons (Fsp3) is 0.562. The van der Waals surface area contributed by atoms with E-state index in [1.165, 1.54) is 11.1 Å². The zero-order valence-corrected chi connectivity index (χ0v) is 11.5. The van der Waals surface area contributed by atoms with Gasteiger partial charge in [0, 0.05) is 25.0 Å². The van der Waals surface area contributed by atoms with Gasteiger partial charge in [-0.1, -0.05) is 24.3 Å². The lowest BCUT2D eigenvalue weighted by atomic mass is 10.0. The van der Waals surface area contributed by atoms with Crippen LogP contribution >= 0.6 is 0 Å². The molecule has 0 radical (unpaired) electrons. The molecule has 3 atom stereocenters. The number of hydrogen-bond acceptors (Lipinski definition) is 2. The van der Waals surface area contributed by atoms with Crippen LogP contribution in [0.5, 0.6) is 0 Å². The fourth-order valence-electron chi connectivity index (χ4n) is 3.40. The summed E-state index contributed by atoms with van der Waals surface area (Å²) < 4.78 is 0. The third kappa shape index (κ3) is 2.27. The maximum atomic E-state index is 12.5. The second-order valence-electron chi connectivity index (χ2n) is 5.87. The Morgan fingerprint density at radius 3 is 2.95 bits per heavy atom. The second kappa shape index (κ2) is 4.97. The van der Waals surface area contributed by atoms with Gasteiger partial charge < -0.3 is 10.6 Å². The Morgan fingerprint density at radius 1 is 1.42 bits per heavy atom. The Morgan fingerprint density at radius 2 is 2.21 bits per heavy atom. The van der Waals surface area contributed by atoms with Gasteiger partial charge in [-0.25, -0.2) is 0 Å². The average molecular weight is 258 g/mol. The number of benzene rings is 1. The molecule has 2 N–H and O–H groups in total. The number of carbonyl (C=O) groups excluding carboxylic acids is 1. The van der Waals surface area contributed by atoms with Crippen molar-refractivity contribution in [2.75, 3.05) is 13.1 Å². The quantitative estimate of drug-likeness (QED) is 0.902. The van der Waals surface area contributed by atoms with Gasteiger partial charge in [-0.3, -0.25) is 4.79 Å². The topological polar surface area (TPSA) is 46.3 Å². The number of likely N-dealkylation sites (tertiary alicyclic amines) is 1. The Balaban J connectivity index is 1.70. The first-order chi connectivity index (χ1) is 9.22. The third-order valence-corrected chi connectivity index (χ3v) is 4.63. The molecule has 2 fully saturated rings. The summed E-state index contributed by atoms with van der Waals surface area (Å²) in [5, 5.41) is 0. The number of rotatable bonds is 3. The molecule has 19 heavy (non-hydrogen) atoms. The van der Waals surface area contributed by atoms with Crippen LogP contribution in [0.15, 0.2) is 24.3 Å². The summed E-state index contributed by atoms with van der Waals surface area (Å²) >= 11 is 0. The van der Waals surface area contributed by atoms with Crippen LogP contribution in [0.1, 0.15) is 36.3 Å². The predicted molar refractivity (Wildman–Crippen MR) is 75.8 cm³/mol. The highest BCUT2D eigenvalue weighted by atomic mass is 16.2. The lowest BCUT2D eigenvalue weighted by molar-refractivity contribution is -0.133. The van der Waals surface area contributed by atoms with Gasteiger partial charge in [0.2, 0.25) is 5.91 Å². The molecule has 0 bridgehead atoms. The van der Waals surface area contributed by atoms with Crippen molar-refractivity contribution in [3.05, 3.63) is 35.4 Å². The van der Waals surface area contributed by atoms with Crippen LogP contribution in [0.4, 0.5) is 0 Å². The summed E-state index contributed by atoms with van der Waals surface area (Å²) in [6.07, 6.45) is 3.19. The Bertz CT molecular complexity index is 485. The molecule has 1 aliphatic carbocycles. The normalized spacial score (nSPS) is 29.6. The minimum atomic E-state index is 0.202. The molecular weight excluding hydrogens is 236 g/mol. The van der Waals surface area contributed by atoms with Crippen molar-refractivity contribution in [2.45, 2.75) is 38.1 Å². The first-order valence-corrected chi connectivity index (χ1v) is 7.28. The van der Waals surface area contributed by atoms with Crippen LogP contribution in [-0.2, 0) is 4.79 Å². The number of carbonyl (C=O) groups is 1. The van der Waals surface area contributed by atoms with Crippen LogP contribution in [0.25, 0.3) is 0 Å². The van der Waals surface area contributed by atoms with Gasteiger partial charge in [0.15, 0.2) is 0 Å². The highest BCUT2D eigenvalue weighted by molar-refractivity contribution is 5.83. The number of amides is 1. The fourth-order valence-corrected chi connectivity index (χ4v) is 3.40. The molecule has 0 spiro atoms. The SMILES string of the molecule is Cc1ccccc1[C@@H]1C[C@@H]1C(=O)N1CCC[C@H]1CN.